The van der Waals surface area contributed by atoms with Gasteiger partial charge in [-0.25, -0.2) is 9.97 Å². The van der Waals surface area contributed by atoms with Gasteiger partial charge in [0.2, 0.25) is 0 Å². The molecule has 0 bridgehead atoms. The van der Waals surface area contributed by atoms with Gasteiger partial charge in [0.15, 0.2) is 0 Å². The van der Waals surface area contributed by atoms with Crippen molar-refractivity contribution in [3.05, 3.63) is 16.8 Å². The summed E-state index contributed by atoms with van der Waals surface area (Å²) < 4.78 is 5.11. The molecule has 5 heteroatoms. The smallest absolute Gasteiger partial charge is 0.138 e. The number of aromatic nitrogens is 2. The highest BCUT2D eigenvalue weighted by molar-refractivity contribution is 7.18. The Morgan fingerprint density at radius 1 is 1.32 bits per heavy atom. The maximum atomic E-state index is 5.11. The highest BCUT2D eigenvalue weighted by atomic mass is 32.1. The molecule has 0 aliphatic rings. The van der Waals surface area contributed by atoms with E-state index in [4.69, 9.17) is 4.74 Å². The lowest BCUT2D eigenvalue weighted by atomic mass is 10.3. The summed E-state index contributed by atoms with van der Waals surface area (Å²) in [7, 11) is 1.70. The van der Waals surface area contributed by atoms with Gasteiger partial charge in [-0.05, 0) is 18.9 Å². The lowest BCUT2D eigenvalue weighted by Crippen LogP contribution is -2.07. The fourth-order valence-electron chi connectivity index (χ4n) is 1.87. The Morgan fingerprint density at radius 2 is 2.16 bits per heavy atom. The molecule has 4 nitrogen and oxygen atoms in total. The summed E-state index contributed by atoms with van der Waals surface area (Å²) in [6, 6.07) is 2.21. The predicted molar refractivity (Wildman–Crippen MR) is 81.2 cm³/mol. The van der Waals surface area contributed by atoms with Crippen molar-refractivity contribution < 1.29 is 4.74 Å². The van der Waals surface area contributed by atoms with Crippen LogP contribution in [0.4, 0.5) is 5.82 Å². The summed E-state index contributed by atoms with van der Waals surface area (Å²) in [5.74, 6) is 1.83. The van der Waals surface area contributed by atoms with E-state index < -0.39 is 0 Å². The number of thiophene rings is 1. The summed E-state index contributed by atoms with van der Waals surface area (Å²) in [4.78, 5) is 11.7. The summed E-state index contributed by atoms with van der Waals surface area (Å²) >= 11 is 1.76. The first-order valence-corrected chi connectivity index (χ1v) is 7.62. The van der Waals surface area contributed by atoms with Crippen LogP contribution in [0.25, 0.3) is 10.2 Å². The van der Waals surface area contributed by atoms with Gasteiger partial charge in [0.05, 0.1) is 12.0 Å². The van der Waals surface area contributed by atoms with Crippen LogP contribution in [0.15, 0.2) is 6.07 Å². The van der Waals surface area contributed by atoms with Crippen molar-refractivity contribution in [3.63, 3.8) is 0 Å². The molecular formula is C14H21N3OS. The standard InChI is InChI=1S/C14H21N3OS/c1-4-7-15-13-11-9-10(5-2)19-14(11)17-12(16-13)6-8-18-3/h9H,4-8H2,1-3H3,(H,15,16,17). The maximum Gasteiger partial charge on any atom is 0.138 e. The number of fused-ring (bicyclic) bond motifs is 1. The zero-order valence-electron chi connectivity index (χ0n) is 11.8. The van der Waals surface area contributed by atoms with Crippen LogP contribution in [0.5, 0.6) is 0 Å². The minimum absolute atomic E-state index is 0.657. The molecule has 19 heavy (non-hydrogen) atoms. The fourth-order valence-corrected chi connectivity index (χ4v) is 2.86. The monoisotopic (exact) mass is 279 g/mol. The van der Waals surface area contributed by atoms with Crippen LogP contribution in [-0.4, -0.2) is 30.2 Å². The third-order valence-corrected chi connectivity index (χ3v) is 4.08. The lowest BCUT2D eigenvalue weighted by Gasteiger charge is -2.07. The van der Waals surface area contributed by atoms with Crippen molar-refractivity contribution in [2.45, 2.75) is 33.1 Å². The van der Waals surface area contributed by atoms with Gasteiger partial charge >= 0.3 is 0 Å². The Bertz CT molecular complexity index is 539. The highest BCUT2D eigenvalue weighted by Crippen LogP contribution is 2.29. The molecule has 2 rings (SSSR count). The summed E-state index contributed by atoms with van der Waals surface area (Å²) in [5.41, 5.74) is 0. The normalized spacial score (nSPS) is 11.1. The van der Waals surface area contributed by atoms with E-state index in [0.29, 0.717) is 6.61 Å². The molecule has 0 spiro atoms. The number of hydrogen-bond donors (Lipinski definition) is 1. The van der Waals surface area contributed by atoms with Crippen molar-refractivity contribution in [2.75, 3.05) is 25.6 Å². The number of ether oxygens (including phenoxy) is 1. The Morgan fingerprint density at radius 3 is 2.84 bits per heavy atom. The van der Waals surface area contributed by atoms with E-state index >= 15 is 0 Å². The minimum Gasteiger partial charge on any atom is -0.384 e. The third-order valence-electron chi connectivity index (χ3n) is 2.91. The van der Waals surface area contributed by atoms with Crippen LogP contribution < -0.4 is 5.32 Å². The average molecular weight is 279 g/mol. The first kappa shape index (κ1) is 14.2. The molecule has 0 amide bonds. The predicted octanol–water partition coefficient (Wildman–Crippen LogP) is 3.26. The van der Waals surface area contributed by atoms with Gasteiger partial charge in [0.1, 0.15) is 16.5 Å². The molecule has 0 saturated heterocycles. The van der Waals surface area contributed by atoms with Crippen LogP contribution >= 0.6 is 11.3 Å². The van der Waals surface area contributed by atoms with E-state index in [2.05, 4.69) is 35.2 Å². The molecule has 0 atom stereocenters. The molecule has 0 aromatic carbocycles. The summed E-state index contributed by atoms with van der Waals surface area (Å²) in [5, 5.41) is 4.56. The van der Waals surface area contributed by atoms with Crippen molar-refractivity contribution in [2.24, 2.45) is 0 Å². The van der Waals surface area contributed by atoms with E-state index in [0.717, 1.165) is 47.7 Å². The van der Waals surface area contributed by atoms with Gasteiger partial charge in [-0.3, -0.25) is 0 Å². The van der Waals surface area contributed by atoms with Gasteiger partial charge in [-0.1, -0.05) is 13.8 Å². The summed E-state index contributed by atoms with van der Waals surface area (Å²) in [6.07, 6.45) is 2.89. The first-order valence-electron chi connectivity index (χ1n) is 6.80. The van der Waals surface area contributed by atoms with Crippen molar-refractivity contribution >= 4 is 27.4 Å². The van der Waals surface area contributed by atoms with Gasteiger partial charge in [0, 0.05) is 25.0 Å². The number of hydrogen-bond acceptors (Lipinski definition) is 5. The molecule has 0 aliphatic carbocycles. The SMILES string of the molecule is CCCNc1nc(CCOC)nc2sc(CC)cc12. The lowest BCUT2D eigenvalue weighted by molar-refractivity contribution is 0.200. The van der Waals surface area contributed by atoms with Gasteiger partial charge in [-0.15, -0.1) is 11.3 Å². The minimum atomic E-state index is 0.657. The topological polar surface area (TPSA) is 47.0 Å². The van der Waals surface area contributed by atoms with Crippen molar-refractivity contribution in [3.8, 4) is 0 Å². The molecule has 0 radical (unpaired) electrons. The van der Waals surface area contributed by atoms with Crippen molar-refractivity contribution in [1.82, 2.24) is 9.97 Å². The van der Waals surface area contributed by atoms with E-state index in [1.54, 1.807) is 18.4 Å². The highest BCUT2D eigenvalue weighted by Gasteiger charge is 2.10. The molecule has 0 saturated carbocycles. The fraction of sp³-hybridized carbons (Fsp3) is 0.571. The molecule has 1 N–H and O–H groups in total. The Hall–Kier alpha value is -1.20. The van der Waals surface area contributed by atoms with E-state index in [9.17, 15) is 0 Å². The van der Waals surface area contributed by atoms with Crippen LogP contribution in [0.3, 0.4) is 0 Å². The Labute approximate surface area is 118 Å². The van der Waals surface area contributed by atoms with E-state index in [1.165, 1.54) is 4.88 Å². The number of nitrogens with zero attached hydrogens (tertiary/aromatic N) is 2. The quantitative estimate of drug-likeness (QED) is 0.845. The average Bonchev–Trinajstić information content (AvgIpc) is 2.85. The molecule has 2 aromatic heterocycles. The van der Waals surface area contributed by atoms with Crippen LogP contribution in [0.1, 0.15) is 31.0 Å². The number of rotatable bonds is 7. The van der Waals surface area contributed by atoms with Gasteiger partial charge in [0.25, 0.3) is 0 Å². The molecule has 0 fully saturated rings. The largest absolute Gasteiger partial charge is 0.384 e. The molecule has 0 unspecified atom stereocenters. The zero-order chi connectivity index (χ0) is 13.7. The molecule has 0 aliphatic heterocycles. The number of anilines is 1. The Kier molecular flexibility index (Phi) is 5.10. The number of methoxy groups -OCH3 is 1. The number of nitrogens with one attached hydrogen (secondary N) is 1. The van der Waals surface area contributed by atoms with Crippen LogP contribution in [0, 0.1) is 0 Å². The van der Waals surface area contributed by atoms with E-state index in [1.807, 2.05) is 0 Å². The first-order chi connectivity index (χ1) is 9.28. The molecule has 2 aromatic rings. The number of aryl methyl sites for hydroxylation is 1. The second-order valence-corrected chi connectivity index (χ2v) is 5.56. The summed E-state index contributed by atoms with van der Waals surface area (Å²) in [6.45, 7) is 5.92. The van der Waals surface area contributed by atoms with Gasteiger partial charge in [-0.2, -0.15) is 0 Å². The molecule has 2 heterocycles. The van der Waals surface area contributed by atoms with Crippen molar-refractivity contribution in [1.29, 1.82) is 0 Å². The molecular weight excluding hydrogens is 258 g/mol. The zero-order valence-corrected chi connectivity index (χ0v) is 12.6. The maximum absolute atomic E-state index is 5.11. The van der Waals surface area contributed by atoms with E-state index in [-0.39, 0.29) is 0 Å². The second kappa shape index (κ2) is 6.82. The molecule has 104 valence electrons. The third kappa shape index (κ3) is 3.42. The Balaban J connectivity index is 2.37. The van der Waals surface area contributed by atoms with Gasteiger partial charge < -0.3 is 10.1 Å². The second-order valence-electron chi connectivity index (χ2n) is 4.44. The van der Waals surface area contributed by atoms with Crippen LogP contribution in [-0.2, 0) is 17.6 Å². The van der Waals surface area contributed by atoms with Crippen LogP contribution in [0.2, 0.25) is 0 Å².